The average molecular weight is 332 g/mol. The van der Waals surface area contributed by atoms with Crippen LogP contribution in [0.3, 0.4) is 0 Å². The minimum atomic E-state index is -4.40. The van der Waals surface area contributed by atoms with Crippen molar-refractivity contribution >= 4 is 5.91 Å². The first-order valence-corrected chi connectivity index (χ1v) is 7.39. The molecule has 1 fully saturated rings. The maximum Gasteiger partial charge on any atom is 0.422 e. The number of carbonyl (C=O) groups is 1. The topological polar surface area (TPSA) is 60.5 Å². The van der Waals surface area contributed by atoms with Crippen molar-refractivity contribution < 1.29 is 27.4 Å². The molecule has 0 saturated carbocycles. The smallest absolute Gasteiger partial charge is 0.422 e. The van der Waals surface area contributed by atoms with Gasteiger partial charge >= 0.3 is 6.18 Å². The molecule has 1 N–H and O–H groups in total. The Morgan fingerprint density at radius 1 is 1.48 bits per heavy atom. The van der Waals surface area contributed by atoms with Gasteiger partial charge in [-0.2, -0.15) is 13.2 Å². The lowest BCUT2D eigenvalue weighted by molar-refractivity contribution is -0.154. The predicted octanol–water partition coefficient (Wildman–Crippen LogP) is 2.45. The maximum atomic E-state index is 12.1. The Labute approximate surface area is 132 Å². The Morgan fingerprint density at radius 3 is 2.87 bits per heavy atom. The number of nitrogens with zero attached hydrogens (tertiary/aromatic N) is 1. The van der Waals surface area contributed by atoms with E-state index in [-0.39, 0.29) is 30.4 Å². The molecule has 0 radical (unpaired) electrons. The first kappa shape index (κ1) is 17.5. The van der Waals surface area contributed by atoms with Gasteiger partial charge in [0.25, 0.3) is 0 Å². The fourth-order valence-electron chi connectivity index (χ4n) is 2.34. The van der Waals surface area contributed by atoms with Crippen LogP contribution in [0.5, 0.6) is 5.88 Å². The summed E-state index contributed by atoms with van der Waals surface area (Å²) in [5.74, 6) is -0.368. The summed E-state index contributed by atoms with van der Waals surface area (Å²) < 4.78 is 46.1. The van der Waals surface area contributed by atoms with Crippen LogP contribution in [0.4, 0.5) is 13.2 Å². The van der Waals surface area contributed by atoms with Crippen LogP contribution in [0.25, 0.3) is 0 Å². The lowest BCUT2D eigenvalue weighted by Gasteiger charge is -2.28. The lowest BCUT2D eigenvalue weighted by Crippen LogP contribution is -2.39. The van der Waals surface area contributed by atoms with Gasteiger partial charge in [-0.05, 0) is 25.3 Å². The Hall–Kier alpha value is -1.83. The predicted molar refractivity (Wildman–Crippen MR) is 75.8 cm³/mol. The van der Waals surface area contributed by atoms with Crippen LogP contribution in [0.15, 0.2) is 18.3 Å². The minimum Gasteiger partial charge on any atom is -0.468 e. The van der Waals surface area contributed by atoms with Gasteiger partial charge in [0.2, 0.25) is 11.8 Å². The van der Waals surface area contributed by atoms with Crippen molar-refractivity contribution in [1.82, 2.24) is 10.3 Å². The number of nitrogens with one attached hydrogen (secondary N) is 1. The Bertz CT molecular complexity index is 520. The molecule has 1 aliphatic rings. The van der Waals surface area contributed by atoms with Crippen molar-refractivity contribution in [3.63, 3.8) is 0 Å². The SMILES string of the molecule is C[C@@H]1OCCC[C@@H]1C(=O)NCc1ccc(OCC(F)(F)F)nc1. The van der Waals surface area contributed by atoms with E-state index >= 15 is 0 Å². The van der Waals surface area contributed by atoms with Gasteiger partial charge in [0.1, 0.15) is 0 Å². The first-order valence-electron chi connectivity index (χ1n) is 7.39. The zero-order valence-electron chi connectivity index (χ0n) is 12.7. The molecule has 1 amide bonds. The van der Waals surface area contributed by atoms with Gasteiger partial charge < -0.3 is 14.8 Å². The van der Waals surface area contributed by atoms with E-state index in [9.17, 15) is 18.0 Å². The number of halogens is 3. The van der Waals surface area contributed by atoms with Gasteiger partial charge in [-0.3, -0.25) is 4.79 Å². The van der Waals surface area contributed by atoms with Gasteiger partial charge in [-0.25, -0.2) is 4.98 Å². The normalized spacial score (nSPS) is 21.7. The van der Waals surface area contributed by atoms with Crippen molar-refractivity contribution in [2.24, 2.45) is 5.92 Å². The van der Waals surface area contributed by atoms with Gasteiger partial charge in [-0.15, -0.1) is 0 Å². The van der Waals surface area contributed by atoms with E-state index in [4.69, 9.17) is 4.74 Å². The standard InChI is InChI=1S/C15H19F3N2O3/c1-10-12(3-2-6-22-10)14(21)20-8-11-4-5-13(19-7-11)23-9-15(16,17)18/h4-5,7,10,12H,2-3,6,8-9H2,1H3,(H,20,21)/t10-,12-/m0/s1. The molecule has 0 unspecified atom stereocenters. The molecule has 1 aromatic rings. The largest absolute Gasteiger partial charge is 0.468 e. The molecule has 128 valence electrons. The molecule has 0 aliphatic carbocycles. The number of amides is 1. The van der Waals surface area contributed by atoms with Crippen LogP contribution in [0, 0.1) is 5.92 Å². The second-order valence-corrected chi connectivity index (χ2v) is 5.45. The molecular weight excluding hydrogens is 313 g/mol. The molecule has 2 heterocycles. The average Bonchev–Trinajstić information content (AvgIpc) is 2.51. The van der Waals surface area contributed by atoms with Gasteiger partial charge in [0, 0.05) is 25.4 Å². The molecule has 2 atom stereocenters. The van der Waals surface area contributed by atoms with Crippen molar-refractivity contribution in [2.75, 3.05) is 13.2 Å². The van der Waals surface area contributed by atoms with E-state index in [1.54, 1.807) is 6.07 Å². The quantitative estimate of drug-likeness (QED) is 0.900. The highest BCUT2D eigenvalue weighted by Crippen LogP contribution is 2.21. The van der Waals surface area contributed by atoms with Gasteiger partial charge in [-0.1, -0.05) is 6.07 Å². The summed E-state index contributed by atoms with van der Waals surface area (Å²) >= 11 is 0. The number of carbonyl (C=O) groups excluding carboxylic acids is 1. The molecule has 2 rings (SSSR count). The third-order valence-corrected chi connectivity index (χ3v) is 3.59. The van der Waals surface area contributed by atoms with Crippen LogP contribution >= 0.6 is 0 Å². The van der Waals surface area contributed by atoms with Crippen molar-refractivity contribution in [1.29, 1.82) is 0 Å². The van der Waals surface area contributed by atoms with Crippen molar-refractivity contribution in [3.05, 3.63) is 23.9 Å². The summed E-state index contributed by atoms with van der Waals surface area (Å²) in [7, 11) is 0. The molecule has 0 bridgehead atoms. The number of hydrogen-bond donors (Lipinski definition) is 1. The third kappa shape index (κ3) is 5.70. The molecular formula is C15H19F3N2O3. The molecule has 8 heteroatoms. The summed E-state index contributed by atoms with van der Waals surface area (Å²) in [5, 5.41) is 2.80. The fraction of sp³-hybridized carbons (Fsp3) is 0.600. The molecule has 0 aromatic carbocycles. The Kier molecular flexibility index (Phi) is 5.81. The zero-order valence-corrected chi connectivity index (χ0v) is 12.7. The fourth-order valence-corrected chi connectivity index (χ4v) is 2.34. The second kappa shape index (κ2) is 7.63. The van der Waals surface area contributed by atoms with Gasteiger partial charge in [0.05, 0.1) is 12.0 Å². The number of alkyl halides is 3. The lowest BCUT2D eigenvalue weighted by atomic mass is 9.94. The number of rotatable bonds is 5. The van der Waals surface area contributed by atoms with E-state index in [1.165, 1.54) is 12.3 Å². The molecule has 1 aliphatic heterocycles. The molecule has 0 spiro atoms. The van der Waals surface area contributed by atoms with Crippen LogP contribution in [0.1, 0.15) is 25.3 Å². The molecule has 23 heavy (non-hydrogen) atoms. The number of pyridine rings is 1. The highest BCUT2D eigenvalue weighted by Gasteiger charge is 2.29. The molecule has 1 aromatic heterocycles. The number of hydrogen-bond acceptors (Lipinski definition) is 4. The van der Waals surface area contributed by atoms with Crippen LogP contribution in [0.2, 0.25) is 0 Å². The van der Waals surface area contributed by atoms with Crippen LogP contribution in [-0.4, -0.2) is 36.4 Å². The summed E-state index contributed by atoms with van der Waals surface area (Å²) in [6, 6.07) is 2.92. The van der Waals surface area contributed by atoms with E-state index < -0.39 is 12.8 Å². The maximum absolute atomic E-state index is 12.1. The van der Waals surface area contributed by atoms with Gasteiger partial charge in [0.15, 0.2) is 6.61 Å². The number of aromatic nitrogens is 1. The molecule has 1 saturated heterocycles. The Balaban J connectivity index is 1.80. The van der Waals surface area contributed by atoms with E-state index in [0.717, 1.165) is 12.8 Å². The summed E-state index contributed by atoms with van der Waals surface area (Å²) in [4.78, 5) is 15.9. The highest BCUT2D eigenvalue weighted by molar-refractivity contribution is 5.79. The summed E-state index contributed by atoms with van der Waals surface area (Å²) in [6.45, 7) is 1.43. The van der Waals surface area contributed by atoms with Crippen molar-refractivity contribution in [3.8, 4) is 5.88 Å². The number of ether oxygens (including phenoxy) is 2. The Morgan fingerprint density at radius 2 is 2.26 bits per heavy atom. The monoisotopic (exact) mass is 332 g/mol. The third-order valence-electron chi connectivity index (χ3n) is 3.59. The van der Waals surface area contributed by atoms with E-state index in [2.05, 4.69) is 15.0 Å². The zero-order chi connectivity index (χ0) is 16.9. The summed E-state index contributed by atoms with van der Waals surface area (Å²) in [6.07, 6.45) is -1.48. The molecule has 5 nitrogen and oxygen atoms in total. The van der Waals surface area contributed by atoms with Crippen LogP contribution < -0.4 is 10.1 Å². The minimum absolute atomic E-state index is 0.0883. The summed E-state index contributed by atoms with van der Waals surface area (Å²) in [5.41, 5.74) is 0.682. The van der Waals surface area contributed by atoms with E-state index in [0.29, 0.717) is 12.2 Å². The van der Waals surface area contributed by atoms with Crippen LogP contribution in [-0.2, 0) is 16.1 Å². The highest BCUT2D eigenvalue weighted by atomic mass is 19.4. The van der Waals surface area contributed by atoms with Crippen molar-refractivity contribution in [2.45, 2.75) is 38.6 Å². The van der Waals surface area contributed by atoms with E-state index in [1.807, 2.05) is 6.92 Å². The second-order valence-electron chi connectivity index (χ2n) is 5.45. The first-order chi connectivity index (χ1) is 10.8.